The molecule has 1 rings (SSSR count). The summed E-state index contributed by atoms with van der Waals surface area (Å²) in [4.78, 5) is 0. The first-order chi connectivity index (χ1) is 6.53. The molecule has 0 aromatic heterocycles. The first-order valence-corrected chi connectivity index (χ1v) is 5.69. The fourth-order valence-electron chi connectivity index (χ4n) is 2.07. The Labute approximate surface area is 89.9 Å². The molecule has 0 heterocycles. The standard InChI is InChI=1S/C13H21B/c1-5-13(14,6-2)12-8-7-10(3)11(4)9-12/h9H,5-8H2,1-4H3. The second-order valence-electron chi connectivity index (χ2n) is 4.50. The molecule has 0 aliphatic heterocycles. The van der Waals surface area contributed by atoms with Crippen LogP contribution in [0.1, 0.15) is 53.4 Å². The number of hydrogen-bond donors (Lipinski definition) is 0. The van der Waals surface area contributed by atoms with Gasteiger partial charge in [0.2, 0.25) is 0 Å². The molecule has 0 spiro atoms. The molecule has 0 saturated heterocycles. The van der Waals surface area contributed by atoms with Crippen molar-refractivity contribution in [3.05, 3.63) is 22.8 Å². The summed E-state index contributed by atoms with van der Waals surface area (Å²) in [6.07, 6.45) is 6.74. The van der Waals surface area contributed by atoms with Crippen molar-refractivity contribution in [2.45, 2.75) is 58.7 Å². The van der Waals surface area contributed by atoms with Crippen LogP contribution < -0.4 is 0 Å². The second-order valence-corrected chi connectivity index (χ2v) is 4.50. The van der Waals surface area contributed by atoms with Crippen LogP contribution in [0.3, 0.4) is 0 Å². The minimum atomic E-state index is -0.0536. The molecule has 0 amide bonds. The zero-order chi connectivity index (χ0) is 10.8. The van der Waals surface area contributed by atoms with Crippen molar-refractivity contribution in [2.24, 2.45) is 0 Å². The predicted octanol–water partition coefficient (Wildman–Crippen LogP) is 4.19. The monoisotopic (exact) mass is 188 g/mol. The van der Waals surface area contributed by atoms with Crippen molar-refractivity contribution in [3.63, 3.8) is 0 Å². The Morgan fingerprint density at radius 2 is 1.79 bits per heavy atom. The van der Waals surface area contributed by atoms with Crippen LogP contribution in [0.15, 0.2) is 22.8 Å². The average Bonchev–Trinajstić information content (AvgIpc) is 2.21. The zero-order valence-corrected chi connectivity index (χ0v) is 9.98. The van der Waals surface area contributed by atoms with Gasteiger partial charge in [0, 0.05) is 0 Å². The van der Waals surface area contributed by atoms with Crippen molar-refractivity contribution in [2.75, 3.05) is 0 Å². The summed E-state index contributed by atoms with van der Waals surface area (Å²) < 4.78 is 0. The molecule has 0 aromatic rings. The van der Waals surface area contributed by atoms with E-state index in [-0.39, 0.29) is 5.31 Å². The lowest BCUT2D eigenvalue weighted by Gasteiger charge is -2.33. The molecule has 0 bridgehead atoms. The van der Waals surface area contributed by atoms with Gasteiger partial charge in [-0.2, -0.15) is 0 Å². The molecular weight excluding hydrogens is 167 g/mol. The third-order valence-corrected chi connectivity index (χ3v) is 3.73. The Morgan fingerprint density at radius 1 is 1.21 bits per heavy atom. The lowest BCUT2D eigenvalue weighted by molar-refractivity contribution is 0.568. The maximum absolute atomic E-state index is 6.39. The number of rotatable bonds is 3. The Hall–Kier alpha value is -0.455. The highest BCUT2D eigenvalue weighted by molar-refractivity contribution is 6.17. The highest BCUT2D eigenvalue weighted by Gasteiger charge is 2.25. The summed E-state index contributed by atoms with van der Waals surface area (Å²) in [7, 11) is 6.39. The lowest BCUT2D eigenvalue weighted by Crippen LogP contribution is -2.16. The van der Waals surface area contributed by atoms with Gasteiger partial charge in [-0.25, -0.2) is 0 Å². The Kier molecular flexibility index (Phi) is 3.63. The molecule has 0 N–H and O–H groups in total. The summed E-state index contributed by atoms with van der Waals surface area (Å²) in [6.45, 7) is 8.79. The van der Waals surface area contributed by atoms with Gasteiger partial charge in [0.25, 0.3) is 0 Å². The zero-order valence-electron chi connectivity index (χ0n) is 9.98. The van der Waals surface area contributed by atoms with E-state index in [0.29, 0.717) is 0 Å². The maximum Gasteiger partial charge on any atom is 0.0805 e. The van der Waals surface area contributed by atoms with Gasteiger partial charge in [-0.15, -0.1) is 0 Å². The van der Waals surface area contributed by atoms with Gasteiger partial charge in [-0.3, -0.25) is 0 Å². The second kappa shape index (κ2) is 4.38. The fourth-order valence-corrected chi connectivity index (χ4v) is 2.07. The average molecular weight is 188 g/mol. The quantitative estimate of drug-likeness (QED) is 0.582. The van der Waals surface area contributed by atoms with Crippen LogP contribution in [0.4, 0.5) is 0 Å². The van der Waals surface area contributed by atoms with Crippen LogP contribution in [0.5, 0.6) is 0 Å². The van der Waals surface area contributed by atoms with E-state index in [0.717, 1.165) is 19.3 Å². The molecule has 0 unspecified atom stereocenters. The van der Waals surface area contributed by atoms with E-state index in [9.17, 15) is 0 Å². The van der Waals surface area contributed by atoms with Crippen LogP contribution in [0.25, 0.3) is 0 Å². The molecule has 0 aromatic carbocycles. The van der Waals surface area contributed by atoms with Crippen molar-refractivity contribution in [1.82, 2.24) is 0 Å². The van der Waals surface area contributed by atoms with E-state index in [1.165, 1.54) is 23.1 Å². The molecule has 0 fully saturated rings. The molecule has 1 aliphatic carbocycles. The number of allylic oxidation sites excluding steroid dienone is 4. The van der Waals surface area contributed by atoms with Crippen LogP contribution >= 0.6 is 0 Å². The predicted molar refractivity (Wildman–Crippen MR) is 64.7 cm³/mol. The molecule has 0 nitrogen and oxygen atoms in total. The summed E-state index contributed by atoms with van der Waals surface area (Å²) in [5.41, 5.74) is 4.39. The lowest BCUT2D eigenvalue weighted by atomic mass is 9.58. The third-order valence-electron chi connectivity index (χ3n) is 3.73. The van der Waals surface area contributed by atoms with Crippen LogP contribution in [0.2, 0.25) is 5.31 Å². The maximum atomic E-state index is 6.39. The van der Waals surface area contributed by atoms with Crippen LogP contribution in [0, 0.1) is 0 Å². The first-order valence-electron chi connectivity index (χ1n) is 5.69. The molecule has 1 heteroatoms. The first kappa shape index (κ1) is 11.6. The summed E-state index contributed by atoms with van der Waals surface area (Å²) in [5, 5.41) is -0.0536. The van der Waals surface area contributed by atoms with Crippen molar-refractivity contribution >= 4 is 7.85 Å². The Bertz CT molecular complexity index is 267. The van der Waals surface area contributed by atoms with E-state index < -0.39 is 0 Å². The topological polar surface area (TPSA) is 0 Å². The minimum Gasteiger partial charge on any atom is -0.0722 e. The Morgan fingerprint density at radius 3 is 2.21 bits per heavy atom. The molecule has 2 radical (unpaired) electrons. The summed E-state index contributed by atoms with van der Waals surface area (Å²) in [6, 6.07) is 0. The van der Waals surface area contributed by atoms with Gasteiger partial charge in [0.1, 0.15) is 0 Å². The van der Waals surface area contributed by atoms with Crippen molar-refractivity contribution in [3.8, 4) is 0 Å². The van der Waals surface area contributed by atoms with Crippen LogP contribution in [-0.2, 0) is 0 Å². The normalized spacial score (nSPS) is 18.4. The Balaban J connectivity index is 2.95. The van der Waals surface area contributed by atoms with Crippen molar-refractivity contribution in [1.29, 1.82) is 0 Å². The molecule has 0 atom stereocenters. The molecule has 0 saturated carbocycles. The smallest absolute Gasteiger partial charge is 0.0722 e. The van der Waals surface area contributed by atoms with E-state index in [1.807, 2.05) is 0 Å². The summed E-state index contributed by atoms with van der Waals surface area (Å²) >= 11 is 0. The van der Waals surface area contributed by atoms with E-state index in [1.54, 1.807) is 0 Å². The van der Waals surface area contributed by atoms with Gasteiger partial charge in [-0.1, -0.05) is 49.5 Å². The van der Waals surface area contributed by atoms with Gasteiger partial charge in [0.05, 0.1) is 7.85 Å². The largest absolute Gasteiger partial charge is 0.0805 e. The van der Waals surface area contributed by atoms with Crippen molar-refractivity contribution < 1.29 is 0 Å². The van der Waals surface area contributed by atoms with E-state index >= 15 is 0 Å². The third kappa shape index (κ3) is 2.13. The minimum absolute atomic E-state index is 0.0536. The number of hydrogen-bond acceptors (Lipinski definition) is 0. The van der Waals surface area contributed by atoms with Gasteiger partial charge in [0.15, 0.2) is 0 Å². The highest BCUT2D eigenvalue weighted by Crippen LogP contribution is 2.44. The molecule has 76 valence electrons. The van der Waals surface area contributed by atoms with Gasteiger partial charge >= 0.3 is 0 Å². The van der Waals surface area contributed by atoms with Gasteiger partial charge < -0.3 is 0 Å². The van der Waals surface area contributed by atoms with E-state index in [2.05, 4.69) is 33.8 Å². The molecular formula is C13H21B. The summed E-state index contributed by atoms with van der Waals surface area (Å²) in [5.74, 6) is 0. The SMILES string of the molecule is [B]C(CC)(CC)C1=CC(C)=C(C)CC1. The molecule has 1 aliphatic rings. The van der Waals surface area contributed by atoms with Crippen LogP contribution in [-0.4, -0.2) is 7.85 Å². The van der Waals surface area contributed by atoms with E-state index in [4.69, 9.17) is 7.85 Å². The highest BCUT2D eigenvalue weighted by atomic mass is 14.3. The molecule has 14 heavy (non-hydrogen) atoms. The fraction of sp³-hybridized carbons (Fsp3) is 0.692. The van der Waals surface area contributed by atoms with Gasteiger partial charge in [-0.05, 0) is 32.0 Å².